The van der Waals surface area contributed by atoms with E-state index in [4.69, 9.17) is 9.84 Å². The van der Waals surface area contributed by atoms with E-state index in [2.05, 4.69) is 29.2 Å². The molecule has 1 fully saturated rings. The van der Waals surface area contributed by atoms with E-state index in [1.54, 1.807) is 6.08 Å². The van der Waals surface area contributed by atoms with Crippen molar-refractivity contribution >= 4 is 0 Å². The Hall–Kier alpha value is -1.16. The molecule has 0 amide bonds. The van der Waals surface area contributed by atoms with Gasteiger partial charge in [0.05, 0.1) is 19.3 Å². The highest BCUT2D eigenvalue weighted by Gasteiger charge is 2.17. The van der Waals surface area contributed by atoms with E-state index in [9.17, 15) is 0 Å². The minimum atomic E-state index is 0.0819. The van der Waals surface area contributed by atoms with Crippen molar-refractivity contribution < 1.29 is 9.84 Å². The van der Waals surface area contributed by atoms with E-state index in [0.29, 0.717) is 0 Å². The second-order valence-corrected chi connectivity index (χ2v) is 4.24. The number of aliphatic hydroxyl groups excluding tert-OH is 1. The highest BCUT2D eigenvalue weighted by atomic mass is 16.5. The molecule has 1 aromatic rings. The summed E-state index contributed by atoms with van der Waals surface area (Å²) in [6, 6.07) is 10.5. The van der Waals surface area contributed by atoms with Crippen LogP contribution in [-0.4, -0.2) is 42.4 Å². The average Bonchev–Trinajstić information content (AvgIpc) is 2.38. The molecule has 1 aromatic carbocycles. The monoisotopic (exact) mass is 233 g/mol. The van der Waals surface area contributed by atoms with E-state index in [-0.39, 0.29) is 12.7 Å². The largest absolute Gasteiger partial charge is 0.392 e. The normalized spacial score (nSPS) is 22.1. The van der Waals surface area contributed by atoms with Gasteiger partial charge in [-0.3, -0.25) is 4.90 Å². The summed E-state index contributed by atoms with van der Waals surface area (Å²) in [6.45, 7) is 3.67. The molecule has 0 radical (unpaired) electrons. The van der Waals surface area contributed by atoms with Crippen molar-refractivity contribution in [2.24, 2.45) is 0 Å². The van der Waals surface area contributed by atoms with Crippen molar-refractivity contribution in [2.45, 2.75) is 12.6 Å². The van der Waals surface area contributed by atoms with Gasteiger partial charge in [0.25, 0.3) is 0 Å². The lowest BCUT2D eigenvalue weighted by molar-refractivity contribution is -0.00671. The Labute approximate surface area is 102 Å². The fourth-order valence-corrected chi connectivity index (χ4v) is 2.05. The lowest BCUT2D eigenvalue weighted by Crippen LogP contribution is -2.41. The average molecular weight is 233 g/mol. The summed E-state index contributed by atoms with van der Waals surface area (Å²) in [5.74, 6) is 0. The Morgan fingerprint density at radius 3 is 2.94 bits per heavy atom. The van der Waals surface area contributed by atoms with Crippen LogP contribution in [0.1, 0.15) is 5.56 Å². The van der Waals surface area contributed by atoms with Crippen LogP contribution >= 0.6 is 0 Å². The van der Waals surface area contributed by atoms with Crippen molar-refractivity contribution in [3.05, 3.63) is 48.0 Å². The summed E-state index contributed by atoms with van der Waals surface area (Å²) in [7, 11) is 0. The fraction of sp³-hybridized carbons (Fsp3) is 0.429. The number of aliphatic hydroxyl groups is 1. The van der Waals surface area contributed by atoms with Crippen molar-refractivity contribution in [1.82, 2.24) is 4.90 Å². The number of morpholine rings is 1. The molecule has 3 nitrogen and oxygen atoms in total. The molecule has 3 heteroatoms. The van der Waals surface area contributed by atoms with Crippen LogP contribution in [0.2, 0.25) is 0 Å². The van der Waals surface area contributed by atoms with Gasteiger partial charge in [-0.15, -0.1) is 0 Å². The zero-order valence-electron chi connectivity index (χ0n) is 9.96. The van der Waals surface area contributed by atoms with Crippen molar-refractivity contribution in [1.29, 1.82) is 0 Å². The van der Waals surface area contributed by atoms with Crippen molar-refractivity contribution in [2.75, 3.05) is 26.3 Å². The Balaban J connectivity index is 1.87. The smallest absolute Gasteiger partial charge is 0.0884 e. The molecule has 0 aliphatic carbocycles. The summed E-state index contributed by atoms with van der Waals surface area (Å²) in [6.07, 6.45) is 3.80. The molecule has 0 aromatic heterocycles. The number of hydrogen-bond acceptors (Lipinski definition) is 3. The third-order valence-electron chi connectivity index (χ3n) is 2.88. The first-order valence-electron chi connectivity index (χ1n) is 6.04. The number of benzene rings is 1. The van der Waals surface area contributed by atoms with Gasteiger partial charge >= 0.3 is 0 Å². The Morgan fingerprint density at radius 1 is 1.35 bits per heavy atom. The number of hydrogen-bond donors (Lipinski definition) is 1. The second-order valence-electron chi connectivity index (χ2n) is 4.24. The van der Waals surface area contributed by atoms with Gasteiger partial charge < -0.3 is 9.84 Å². The van der Waals surface area contributed by atoms with Crippen LogP contribution in [0.25, 0.3) is 0 Å². The van der Waals surface area contributed by atoms with Crippen molar-refractivity contribution in [3.8, 4) is 0 Å². The van der Waals surface area contributed by atoms with Crippen LogP contribution in [0.15, 0.2) is 42.5 Å². The predicted molar refractivity (Wildman–Crippen MR) is 67.7 cm³/mol. The van der Waals surface area contributed by atoms with Gasteiger partial charge in [-0.1, -0.05) is 42.5 Å². The number of rotatable bonds is 4. The van der Waals surface area contributed by atoms with E-state index < -0.39 is 0 Å². The minimum Gasteiger partial charge on any atom is -0.392 e. The summed E-state index contributed by atoms with van der Waals surface area (Å²) in [5.41, 5.74) is 1.33. The van der Waals surface area contributed by atoms with Crippen LogP contribution in [0.4, 0.5) is 0 Å². The molecule has 1 saturated heterocycles. The predicted octanol–water partition coefficient (Wildman–Crippen LogP) is 1.44. The molecule has 1 N–H and O–H groups in total. The summed E-state index contributed by atoms with van der Waals surface area (Å²) < 4.78 is 5.61. The number of nitrogens with zero attached hydrogens (tertiary/aromatic N) is 1. The van der Waals surface area contributed by atoms with Gasteiger partial charge in [-0.2, -0.15) is 0 Å². The van der Waals surface area contributed by atoms with E-state index in [1.165, 1.54) is 5.56 Å². The molecular weight excluding hydrogens is 214 g/mol. The Morgan fingerprint density at radius 2 is 2.18 bits per heavy atom. The minimum absolute atomic E-state index is 0.0819. The molecule has 92 valence electrons. The highest BCUT2D eigenvalue weighted by molar-refractivity contribution is 5.14. The molecule has 1 aliphatic rings. The molecule has 1 atom stereocenters. The molecule has 1 aliphatic heterocycles. The van der Waals surface area contributed by atoms with E-state index in [1.807, 2.05) is 12.1 Å². The van der Waals surface area contributed by atoms with Gasteiger partial charge in [0.2, 0.25) is 0 Å². The molecular formula is C14H19NO2. The third-order valence-corrected chi connectivity index (χ3v) is 2.88. The van der Waals surface area contributed by atoms with Gasteiger partial charge in [0.1, 0.15) is 0 Å². The van der Waals surface area contributed by atoms with Crippen LogP contribution in [0.3, 0.4) is 0 Å². The van der Waals surface area contributed by atoms with E-state index in [0.717, 1.165) is 26.2 Å². The lowest BCUT2D eigenvalue weighted by Gasteiger charge is -2.31. The quantitative estimate of drug-likeness (QED) is 0.799. The second kappa shape index (κ2) is 6.55. The molecule has 1 heterocycles. The summed E-state index contributed by atoms with van der Waals surface area (Å²) >= 11 is 0. The first-order valence-corrected chi connectivity index (χ1v) is 6.04. The third kappa shape index (κ3) is 3.97. The van der Waals surface area contributed by atoms with Crippen LogP contribution in [0.5, 0.6) is 0 Å². The van der Waals surface area contributed by atoms with Crippen LogP contribution in [0, 0.1) is 0 Å². The maximum Gasteiger partial charge on any atom is 0.0884 e. The Bertz CT molecular complexity index is 350. The summed E-state index contributed by atoms with van der Waals surface area (Å²) in [4.78, 5) is 2.38. The van der Waals surface area contributed by atoms with Crippen LogP contribution in [-0.2, 0) is 11.3 Å². The number of ether oxygens (including phenoxy) is 1. The zero-order valence-corrected chi connectivity index (χ0v) is 9.96. The summed E-state index contributed by atoms with van der Waals surface area (Å²) in [5, 5.41) is 8.74. The topological polar surface area (TPSA) is 32.7 Å². The zero-order chi connectivity index (χ0) is 11.9. The SMILES string of the molecule is OC/C=C/C1CN(Cc2ccccc2)CCO1. The van der Waals surface area contributed by atoms with Crippen molar-refractivity contribution in [3.63, 3.8) is 0 Å². The van der Waals surface area contributed by atoms with Gasteiger partial charge in [-0.05, 0) is 5.56 Å². The maximum absolute atomic E-state index is 8.74. The maximum atomic E-state index is 8.74. The van der Waals surface area contributed by atoms with Gasteiger partial charge in [-0.25, -0.2) is 0 Å². The van der Waals surface area contributed by atoms with Crippen LogP contribution < -0.4 is 0 Å². The molecule has 0 spiro atoms. The first-order chi connectivity index (χ1) is 8.38. The lowest BCUT2D eigenvalue weighted by atomic mass is 10.2. The fourth-order valence-electron chi connectivity index (χ4n) is 2.05. The first kappa shape index (κ1) is 12.3. The Kier molecular flexibility index (Phi) is 4.74. The molecule has 1 unspecified atom stereocenters. The van der Waals surface area contributed by atoms with Gasteiger partial charge in [0.15, 0.2) is 0 Å². The van der Waals surface area contributed by atoms with Gasteiger partial charge in [0, 0.05) is 19.6 Å². The standard InChI is InChI=1S/C14H19NO2/c16-9-4-7-14-12-15(8-10-17-14)11-13-5-2-1-3-6-13/h1-7,14,16H,8-12H2/b7-4+. The molecule has 0 saturated carbocycles. The molecule has 2 rings (SSSR count). The molecule has 0 bridgehead atoms. The molecule has 17 heavy (non-hydrogen) atoms. The highest BCUT2D eigenvalue weighted by Crippen LogP contribution is 2.11. The van der Waals surface area contributed by atoms with E-state index >= 15 is 0 Å².